The molecule has 0 atom stereocenters. The van der Waals surface area contributed by atoms with Crippen molar-refractivity contribution in [1.82, 2.24) is 14.7 Å². The Morgan fingerprint density at radius 3 is 0.875 bits per heavy atom. The minimum absolute atomic E-state index is 0.128. The Kier molecular flexibility index (Phi) is 25.3. The van der Waals surface area contributed by atoms with Gasteiger partial charge in [-0.2, -0.15) is 0 Å². The van der Waals surface area contributed by atoms with E-state index in [0.717, 1.165) is 51.4 Å². The first kappa shape index (κ1) is 46.4. The van der Waals surface area contributed by atoms with Crippen LogP contribution in [0.5, 0.6) is 0 Å². The molecule has 12 nitrogen and oxygen atoms in total. The van der Waals surface area contributed by atoms with Crippen molar-refractivity contribution in [2.75, 3.05) is 97.8 Å². The fourth-order valence-corrected chi connectivity index (χ4v) is 10.3. The molecule has 0 aromatic carbocycles. The zero-order valence-corrected chi connectivity index (χ0v) is 34.5. The van der Waals surface area contributed by atoms with E-state index in [1.807, 2.05) is 27.7 Å². The normalized spacial score (nSPS) is 16.9. The largest absolute Gasteiger partial charge is 0.344 e. The summed E-state index contributed by atoms with van der Waals surface area (Å²) in [5.41, 5.74) is 0. The second-order valence-electron chi connectivity index (χ2n) is 13.7. The predicted molar refractivity (Wildman–Crippen MR) is 197 cm³/mol. The van der Waals surface area contributed by atoms with Gasteiger partial charge >= 0.3 is 22.8 Å². The molecule has 0 radical (unpaired) electrons. The molecule has 1 aliphatic heterocycles. The van der Waals surface area contributed by atoms with Crippen LogP contribution in [0.4, 0.5) is 0 Å². The van der Waals surface area contributed by atoms with Crippen LogP contribution >= 0.6 is 22.8 Å². The van der Waals surface area contributed by atoms with Crippen molar-refractivity contribution in [3.63, 3.8) is 0 Å². The lowest BCUT2D eigenvalue weighted by atomic mass is 10.2. The lowest BCUT2D eigenvalue weighted by molar-refractivity contribution is 0.151. The van der Waals surface area contributed by atoms with Crippen LogP contribution in [0.3, 0.4) is 0 Å². The highest BCUT2D eigenvalue weighted by Crippen LogP contribution is 2.51. The molecule has 288 valence electrons. The maximum Gasteiger partial charge on any atom is 0.344 e. The summed E-state index contributed by atoms with van der Waals surface area (Å²) in [5.74, 6) is 0.401. The van der Waals surface area contributed by atoms with Crippen molar-refractivity contribution in [1.29, 1.82) is 0 Å². The highest BCUT2D eigenvalue weighted by atomic mass is 31.2. The van der Waals surface area contributed by atoms with Gasteiger partial charge < -0.3 is 27.1 Å². The number of hydrogen-bond acceptors (Lipinski definition) is 12. The molecule has 1 heterocycles. The summed E-state index contributed by atoms with van der Waals surface area (Å²) >= 11 is 0. The second-order valence-corrected chi connectivity index (χ2v) is 19.8. The molecule has 0 aliphatic carbocycles. The highest BCUT2D eigenvalue weighted by molar-refractivity contribution is 7.54. The summed E-state index contributed by atoms with van der Waals surface area (Å²) in [5, 5.41) is 0. The van der Waals surface area contributed by atoms with Crippen LogP contribution in [0.15, 0.2) is 0 Å². The summed E-state index contributed by atoms with van der Waals surface area (Å²) in [6.45, 7) is 21.9. The molecule has 15 heteroatoms. The first-order valence-corrected chi connectivity index (χ1v) is 23.8. The fraction of sp³-hybridized carbons (Fsp3) is 1.00. The van der Waals surface area contributed by atoms with Gasteiger partial charge in [0.2, 0.25) is 0 Å². The van der Waals surface area contributed by atoms with Crippen LogP contribution < -0.4 is 0 Å². The van der Waals surface area contributed by atoms with E-state index in [0.29, 0.717) is 78.9 Å². The third-order valence-corrected chi connectivity index (χ3v) is 13.3. The lowest BCUT2D eigenvalue weighted by Gasteiger charge is -2.30. The predicted octanol–water partition coefficient (Wildman–Crippen LogP) is 8.97. The Bertz CT molecular complexity index is 865. The zero-order valence-electron chi connectivity index (χ0n) is 31.8. The van der Waals surface area contributed by atoms with Gasteiger partial charge in [0.15, 0.2) is 0 Å². The molecule has 48 heavy (non-hydrogen) atoms. The monoisotopic (exact) mass is 747 g/mol. The van der Waals surface area contributed by atoms with Crippen LogP contribution in [0.1, 0.15) is 107 Å². The number of hydrogen-bond donors (Lipinski definition) is 0. The van der Waals surface area contributed by atoms with Gasteiger partial charge in [-0.25, -0.2) is 0 Å². The molecule has 0 N–H and O–H groups in total. The zero-order chi connectivity index (χ0) is 35.9. The SMILES string of the molecule is CCCCOP(=O)(CN1CCN(CP(=O)(OCCCC)OCCCC)CCN(CP(=O)(OCC(C)C)OCC(C)C)CC1)OCCCC. The summed E-state index contributed by atoms with van der Waals surface area (Å²) in [6.07, 6.45) is 7.35. The van der Waals surface area contributed by atoms with Crippen LogP contribution in [0.25, 0.3) is 0 Å². The minimum atomic E-state index is -3.46. The van der Waals surface area contributed by atoms with E-state index < -0.39 is 22.8 Å². The standard InChI is InChI=1S/C33H72N3O9P3/c1-9-13-23-40-46(37,41-24-14-10-2)29-34-17-18-35(30-47(38,42-25-15-11-3)43-26-16-12-4)20-22-36(21-19-34)31-48(39,44-27-32(5)6)45-28-33(7)8/h32-33H,9-31H2,1-8H3. The van der Waals surface area contributed by atoms with Crippen molar-refractivity contribution in [3.05, 3.63) is 0 Å². The Balaban J connectivity index is 3.34. The van der Waals surface area contributed by atoms with Crippen LogP contribution in [-0.2, 0) is 40.8 Å². The Hall–Kier alpha value is 0.330. The van der Waals surface area contributed by atoms with Crippen molar-refractivity contribution >= 4 is 22.8 Å². The van der Waals surface area contributed by atoms with E-state index in [2.05, 4.69) is 42.4 Å². The van der Waals surface area contributed by atoms with Gasteiger partial charge in [0.25, 0.3) is 0 Å². The molecule has 0 aromatic heterocycles. The van der Waals surface area contributed by atoms with E-state index in [-0.39, 0.29) is 30.7 Å². The Morgan fingerprint density at radius 2 is 0.667 bits per heavy atom. The molecular formula is C33H72N3O9P3. The molecule has 1 rings (SSSR count). The number of unbranched alkanes of at least 4 members (excludes halogenated alkanes) is 4. The van der Waals surface area contributed by atoms with E-state index in [4.69, 9.17) is 27.1 Å². The number of rotatable bonds is 28. The van der Waals surface area contributed by atoms with Gasteiger partial charge in [-0.15, -0.1) is 0 Å². The van der Waals surface area contributed by atoms with Gasteiger partial charge in [0, 0.05) is 39.3 Å². The molecule has 0 saturated carbocycles. The highest BCUT2D eigenvalue weighted by Gasteiger charge is 2.34. The summed E-state index contributed by atoms with van der Waals surface area (Å²) in [6, 6.07) is 0. The van der Waals surface area contributed by atoms with Gasteiger partial charge in [0.05, 0.1) is 39.6 Å². The smallest absolute Gasteiger partial charge is 0.308 e. The summed E-state index contributed by atoms with van der Waals surface area (Å²) in [4.78, 5) is 6.29. The molecule has 0 spiro atoms. The topological polar surface area (TPSA) is 116 Å². The van der Waals surface area contributed by atoms with Crippen molar-refractivity contribution in [2.45, 2.75) is 107 Å². The molecule has 0 unspecified atom stereocenters. The van der Waals surface area contributed by atoms with Crippen molar-refractivity contribution in [2.24, 2.45) is 11.8 Å². The molecule has 0 amide bonds. The molecule has 1 aliphatic rings. The third kappa shape index (κ3) is 21.6. The van der Waals surface area contributed by atoms with E-state index in [1.165, 1.54) is 0 Å². The van der Waals surface area contributed by atoms with Gasteiger partial charge in [-0.1, -0.05) is 81.1 Å². The maximum atomic E-state index is 14.1. The first-order chi connectivity index (χ1) is 22.8. The van der Waals surface area contributed by atoms with Crippen molar-refractivity contribution in [3.8, 4) is 0 Å². The molecule has 0 bridgehead atoms. The summed E-state index contributed by atoms with van der Waals surface area (Å²) in [7, 11) is -10.3. The van der Waals surface area contributed by atoms with Crippen LogP contribution in [0.2, 0.25) is 0 Å². The molecular weight excluding hydrogens is 675 g/mol. The van der Waals surface area contributed by atoms with Gasteiger partial charge in [0.1, 0.15) is 18.9 Å². The van der Waals surface area contributed by atoms with Gasteiger partial charge in [-0.3, -0.25) is 28.4 Å². The van der Waals surface area contributed by atoms with E-state index in [1.54, 1.807) is 0 Å². The lowest BCUT2D eigenvalue weighted by Crippen LogP contribution is -2.37. The second kappa shape index (κ2) is 26.1. The van der Waals surface area contributed by atoms with Gasteiger partial charge in [-0.05, 0) is 37.5 Å². The average molecular weight is 748 g/mol. The van der Waals surface area contributed by atoms with E-state index in [9.17, 15) is 13.7 Å². The van der Waals surface area contributed by atoms with E-state index >= 15 is 0 Å². The Labute approximate surface area is 294 Å². The summed E-state index contributed by atoms with van der Waals surface area (Å²) < 4.78 is 77.9. The third-order valence-electron chi connectivity index (χ3n) is 7.67. The maximum absolute atomic E-state index is 14.1. The van der Waals surface area contributed by atoms with Crippen molar-refractivity contribution < 1.29 is 40.8 Å². The Morgan fingerprint density at radius 1 is 0.438 bits per heavy atom. The van der Waals surface area contributed by atoms with Crippen LogP contribution in [-0.4, -0.2) is 112 Å². The fourth-order valence-electron chi connectivity index (χ4n) is 4.62. The molecule has 1 fully saturated rings. The quantitative estimate of drug-likeness (QED) is 0.0562. The average Bonchev–Trinajstić information content (AvgIpc) is 3.11. The molecule has 0 aromatic rings. The van der Waals surface area contributed by atoms with Crippen LogP contribution in [0, 0.1) is 11.8 Å². The minimum Gasteiger partial charge on any atom is -0.308 e. The number of nitrogens with zero attached hydrogens (tertiary/aromatic N) is 3. The molecule has 1 saturated heterocycles. The first-order valence-electron chi connectivity index (χ1n) is 18.6.